The molecule has 1 heterocycles. The van der Waals surface area contributed by atoms with Crippen LogP contribution in [0.3, 0.4) is 0 Å². The number of benzene rings is 3. The number of methoxy groups -OCH3 is 1. The summed E-state index contributed by atoms with van der Waals surface area (Å²) in [6.07, 6.45) is 0. The van der Waals surface area contributed by atoms with E-state index in [0.717, 1.165) is 27.2 Å². The Balaban J connectivity index is 1.63. The maximum absolute atomic E-state index is 14.0. The molecule has 0 unspecified atom stereocenters. The summed E-state index contributed by atoms with van der Waals surface area (Å²) in [7, 11) is 1.40. The van der Waals surface area contributed by atoms with Crippen LogP contribution >= 0.6 is 31.9 Å². The fourth-order valence-electron chi connectivity index (χ4n) is 5.87. The molecule has 9 heteroatoms. The normalized spacial score (nSPS) is 28.4. The summed E-state index contributed by atoms with van der Waals surface area (Å²) in [6, 6.07) is 19.6. The minimum absolute atomic E-state index is 0.0603. The number of ether oxygens (including phenoxy) is 1. The van der Waals surface area contributed by atoms with Crippen molar-refractivity contribution in [1.82, 2.24) is 0 Å². The third-order valence-corrected chi connectivity index (χ3v) is 9.90. The zero-order chi connectivity index (χ0) is 24.0. The summed E-state index contributed by atoms with van der Waals surface area (Å²) in [5.74, 6) is -2.29. The minimum atomic E-state index is -0.955. The van der Waals surface area contributed by atoms with Gasteiger partial charge < -0.3 is 4.74 Å². The molecule has 2 atom stereocenters. The van der Waals surface area contributed by atoms with Gasteiger partial charge in [-0.25, -0.2) is 4.90 Å². The number of nitrogens with zero attached hydrogens (tertiary/aromatic N) is 2. The van der Waals surface area contributed by atoms with Crippen molar-refractivity contribution < 1.29 is 19.2 Å². The molecule has 1 aliphatic heterocycles. The van der Waals surface area contributed by atoms with Gasteiger partial charge >= 0.3 is 0 Å². The van der Waals surface area contributed by atoms with Crippen molar-refractivity contribution in [2.75, 3.05) is 12.0 Å². The highest BCUT2D eigenvalue weighted by Gasteiger charge is 2.72. The fourth-order valence-corrected chi connectivity index (χ4v) is 8.17. The summed E-state index contributed by atoms with van der Waals surface area (Å²) < 4.78 is 3.21. The number of carbonyl (C=O) groups excluding carboxylic acids is 2. The first-order valence-corrected chi connectivity index (χ1v) is 12.1. The molecule has 0 aromatic heterocycles. The lowest BCUT2D eigenvalue weighted by Gasteiger charge is -2.55. The van der Waals surface area contributed by atoms with Crippen LogP contribution in [0.5, 0.6) is 5.75 Å². The first-order chi connectivity index (χ1) is 16.3. The Kier molecular flexibility index (Phi) is 4.42. The SMILES string of the molecule is COc1ccc(N2C(=O)[C@@H]3[C@H](C2=O)C2(Br)c4ccccc4C3(Br)c3ccccc32)c([N+](=O)[O-])c1. The molecule has 34 heavy (non-hydrogen) atoms. The Labute approximate surface area is 211 Å². The number of alkyl halides is 2. The molecule has 3 aromatic carbocycles. The summed E-state index contributed by atoms with van der Waals surface area (Å²) in [5.41, 5.74) is 3.18. The molecule has 3 aliphatic carbocycles. The minimum Gasteiger partial charge on any atom is -0.496 e. The van der Waals surface area contributed by atoms with Gasteiger partial charge in [-0.15, -0.1) is 0 Å². The molecule has 170 valence electrons. The van der Waals surface area contributed by atoms with Crippen LogP contribution in [-0.2, 0) is 18.2 Å². The lowest BCUT2D eigenvalue weighted by atomic mass is 9.54. The van der Waals surface area contributed by atoms with E-state index in [0.29, 0.717) is 0 Å². The van der Waals surface area contributed by atoms with Crippen LogP contribution < -0.4 is 9.64 Å². The zero-order valence-corrected chi connectivity index (χ0v) is 20.9. The third kappa shape index (κ3) is 2.36. The first-order valence-electron chi connectivity index (χ1n) is 10.5. The van der Waals surface area contributed by atoms with E-state index in [-0.39, 0.29) is 17.1 Å². The molecule has 1 fully saturated rings. The van der Waals surface area contributed by atoms with Crippen molar-refractivity contribution in [3.05, 3.63) is 99.1 Å². The van der Waals surface area contributed by atoms with Crippen LogP contribution in [0.25, 0.3) is 0 Å². The Morgan fingerprint density at radius 2 is 1.29 bits per heavy atom. The Morgan fingerprint density at radius 1 is 0.853 bits per heavy atom. The molecule has 0 saturated carbocycles. The van der Waals surface area contributed by atoms with Gasteiger partial charge in [-0.05, 0) is 34.4 Å². The van der Waals surface area contributed by atoms with E-state index in [1.807, 2.05) is 48.5 Å². The van der Waals surface area contributed by atoms with Crippen LogP contribution in [0.1, 0.15) is 22.3 Å². The standard InChI is InChI=1S/C25H16Br2N2O5/c1-34-13-10-11-18(19(12-13)29(32)33)28-22(30)20-21(23(28)31)25(27)15-7-3-2-6-14(15)24(20,26)16-8-4-5-9-17(16)25/h2-12,20-21H,1H3/t20-,21+,24?,25?. The largest absolute Gasteiger partial charge is 0.496 e. The molecule has 2 amide bonds. The highest BCUT2D eigenvalue weighted by atomic mass is 79.9. The monoisotopic (exact) mass is 582 g/mol. The predicted molar refractivity (Wildman–Crippen MR) is 131 cm³/mol. The number of rotatable bonds is 3. The summed E-state index contributed by atoms with van der Waals surface area (Å²) in [6.45, 7) is 0. The smallest absolute Gasteiger partial charge is 0.297 e. The van der Waals surface area contributed by atoms with Gasteiger partial charge in [0.1, 0.15) is 11.4 Å². The van der Waals surface area contributed by atoms with Crippen LogP contribution in [0.15, 0.2) is 66.7 Å². The molecule has 0 spiro atoms. The summed E-state index contributed by atoms with van der Waals surface area (Å²) in [4.78, 5) is 40.3. The first kappa shape index (κ1) is 21.5. The van der Waals surface area contributed by atoms with Gasteiger partial charge in [0.2, 0.25) is 11.8 Å². The average Bonchev–Trinajstić information content (AvgIpc) is 3.13. The summed E-state index contributed by atoms with van der Waals surface area (Å²) in [5, 5.41) is 11.9. The number of hydrogen-bond donors (Lipinski definition) is 0. The van der Waals surface area contributed by atoms with E-state index < -0.39 is 37.2 Å². The van der Waals surface area contributed by atoms with E-state index >= 15 is 0 Å². The van der Waals surface area contributed by atoms with Crippen molar-refractivity contribution in [2.45, 2.75) is 8.65 Å². The Hall–Kier alpha value is -3.04. The van der Waals surface area contributed by atoms with Crippen molar-refractivity contribution >= 4 is 55.0 Å². The van der Waals surface area contributed by atoms with Crippen LogP contribution in [0.4, 0.5) is 11.4 Å². The van der Waals surface area contributed by atoms with E-state index in [2.05, 4.69) is 31.9 Å². The molecule has 4 aliphatic rings. The highest BCUT2D eigenvalue weighted by molar-refractivity contribution is 9.10. The Bertz CT molecular complexity index is 1320. The quantitative estimate of drug-likeness (QED) is 0.187. The van der Waals surface area contributed by atoms with Gasteiger partial charge in [0.05, 0.1) is 38.6 Å². The molecular formula is C25H16Br2N2O5. The lowest BCUT2D eigenvalue weighted by molar-refractivity contribution is -0.384. The van der Waals surface area contributed by atoms with E-state index in [4.69, 9.17) is 4.74 Å². The van der Waals surface area contributed by atoms with Crippen LogP contribution in [0, 0.1) is 22.0 Å². The summed E-state index contributed by atoms with van der Waals surface area (Å²) >= 11 is 7.85. The van der Waals surface area contributed by atoms with E-state index in [1.165, 1.54) is 25.3 Å². The molecule has 7 rings (SSSR count). The molecule has 2 bridgehead atoms. The number of imide groups is 1. The van der Waals surface area contributed by atoms with Crippen LogP contribution in [0.2, 0.25) is 0 Å². The lowest BCUT2D eigenvalue weighted by Crippen LogP contribution is -2.56. The van der Waals surface area contributed by atoms with Crippen molar-refractivity contribution in [3.8, 4) is 5.75 Å². The molecule has 3 aromatic rings. The Morgan fingerprint density at radius 3 is 1.68 bits per heavy atom. The van der Waals surface area contributed by atoms with Gasteiger partial charge in [-0.1, -0.05) is 80.4 Å². The average molecular weight is 584 g/mol. The number of halogens is 2. The molecule has 0 N–H and O–H groups in total. The van der Waals surface area contributed by atoms with Crippen molar-refractivity contribution in [3.63, 3.8) is 0 Å². The van der Waals surface area contributed by atoms with Gasteiger partial charge in [0, 0.05) is 0 Å². The van der Waals surface area contributed by atoms with Gasteiger partial charge in [0.25, 0.3) is 5.69 Å². The number of nitro groups is 1. The molecule has 0 radical (unpaired) electrons. The predicted octanol–water partition coefficient (Wildman–Crippen LogP) is 5.01. The van der Waals surface area contributed by atoms with Gasteiger partial charge in [-0.2, -0.15) is 0 Å². The second-order valence-electron chi connectivity index (χ2n) is 8.59. The highest BCUT2D eigenvalue weighted by Crippen LogP contribution is 2.71. The zero-order valence-electron chi connectivity index (χ0n) is 17.7. The number of hydrogen-bond acceptors (Lipinski definition) is 5. The van der Waals surface area contributed by atoms with Crippen LogP contribution in [-0.4, -0.2) is 23.8 Å². The number of nitro benzene ring substituents is 1. The van der Waals surface area contributed by atoms with E-state index in [1.54, 1.807) is 0 Å². The third-order valence-electron chi connectivity index (χ3n) is 7.21. The van der Waals surface area contributed by atoms with Gasteiger partial charge in [-0.3, -0.25) is 19.7 Å². The van der Waals surface area contributed by atoms with Crippen molar-refractivity contribution in [2.24, 2.45) is 11.8 Å². The van der Waals surface area contributed by atoms with Gasteiger partial charge in [0.15, 0.2) is 0 Å². The number of carbonyl (C=O) groups is 2. The molecule has 7 nitrogen and oxygen atoms in total. The maximum atomic E-state index is 14.0. The fraction of sp³-hybridized carbons (Fsp3) is 0.200. The molecular weight excluding hydrogens is 568 g/mol. The number of amides is 2. The van der Waals surface area contributed by atoms with Crippen molar-refractivity contribution in [1.29, 1.82) is 0 Å². The second-order valence-corrected chi connectivity index (χ2v) is 11.1. The number of anilines is 1. The maximum Gasteiger partial charge on any atom is 0.297 e. The van der Waals surface area contributed by atoms with E-state index in [9.17, 15) is 19.7 Å². The second kappa shape index (κ2) is 6.99. The topological polar surface area (TPSA) is 89.8 Å². The molecule has 1 saturated heterocycles.